The van der Waals surface area contributed by atoms with Crippen LogP contribution in [0.3, 0.4) is 0 Å². The molecule has 1 saturated heterocycles. The molecule has 1 aliphatic heterocycles. The minimum Gasteiger partial charge on any atom is -0.368 e. The molecule has 102 valence electrons. The van der Waals surface area contributed by atoms with Crippen LogP contribution in [0.4, 0.5) is 0 Å². The molecule has 0 unspecified atom stereocenters. The number of aromatic nitrogens is 4. The van der Waals surface area contributed by atoms with Gasteiger partial charge in [-0.1, -0.05) is 5.16 Å². The number of piperidine rings is 1. The predicted molar refractivity (Wildman–Crippen MR) is 67.2 cm³/mol. The molecule has 7 nitrogen and oxygen atoms in total. The van der Waals surface area contributed by atoms with Crippen molar-refractivity contribution in [3.05, 3.63) is 18.3 Å². The van der Waals surface area contributed by atoms with Crippen molar-refractivity contribution >= 4 is 0 Å². The van der Waals surface area contributed by atoms with Crippen molar-refractivity contribution in [2.75, 3.05) is 13.1 Å². The van der Waals surface area contributed by atoms with Crippen molar-refractivity contribution < 1.29 is 9.26 Å². The molecule has 1 aliphatic rings. The van der Waals surface area contributed by atoms with Crippen LogP contribution in [-0.4, -0.2) is 38.9 Å². The second-order valence-corrected chi connectivity index (χ2v) is 4.63. The molecular weight excluding hydrogens is 246 g/mol. The van der Waals surface area contributed by atoms with Crippen LogP contribution in [0, 0.1) is 0 Å². The number of nitrogens with one attached hydrogen (secondary N) is 1. The molecule has 2 aromatic rings. The van der Waals surface area contributed by atoms with Crippen molar-refractivity contribution in [3.8, 4) is 11.6 Å². The van der Waals surface area contributed by atoms with Crippen LogP contribution in [0.1, 0.15) is 18.7 Å². The molecule has 0 saturated carbocycles. The Morgan fingerprint density at radius 2 is 2.32 bits per heavy atom. The molecule has 0 bridgehead atoms. The number of ether oxygens (including phenoxy) is 1. The Bertz CT molecular complexity index is 530. The quantitative estimate of drug-likeness (QED) is 0.876. The van der Waals surface area contributed by atoms with E-state index in [1.165, 1.54) is 0 Å². The third kappa shape index (κ3) is 2.82. The Morgan fingerprint density at radius 1 is 1.47 bits per heavy atom. The Balaban J connectivity index is 1.60. The molecule has 0 aromatic carbocycles. The molecule has 2 aromatic heterocycles. The maximum absolute atomic E-state index is 5.77. The molecule has 1 fully saturated rings. The molecule has 19 heavy (non-hydrogen) atoms. The lowest BCUT2D eigenvalue weighted by Gasteiger charge is -2.21. The summed E-state index contributed by atoms with van der Waals surface area (Å²) in [5.74, 6) is 1.69. The number of hydrogen-bond donors (Lipinski definition) is 1. The zero-order chi connectivity index (χ0) is 13.1. The van der Waals surface area contributed by atoms with E-state index in [1.54, 1.807) is 6.20 Å². The fourth-order valence-electron chi connectivity index (χ4n) is 2.14. The first-order chi connectivity index (χ1) is 9.33. The topological polar surface area (TPSA) is 78.0 Å². The SMILES string of the molecule is Cn1ccnc1-c1noc(COC2CCNCC2)n1. The predicted octanol–water partition coefficient (Wildman–Crippen LogP) is 0.739. The highest BCUT2D eigenvalue weighted by molar-refractivity contribution is 5.42. The average molecular weight is 263 g/mol. The summed E-state index contributed by atoms with van der Waals surface area (Å²) in [5.41, 5.74) is 0. The lowest BCUT2D eigenvalue weighted by atomic mass is 10.1. The van der Waals surface area contributed by atoms with Crippen molar-refractivity contribution in [3.63, 3.8) is 0 Å². The highest BCUT2D eigenvalue weighted by Gasteiger charge is 2.16. The molecule has 7 heteroatoms. The summed E-state index contributed by atoms with van der Waals surface area (Å²) < 4.78 is 12.8. The van der Waals surface area contributed by atoms with Gasteiger partial charge in [0.2, 0.25) is 5.82 Å². The summed E-state index contributed by atoms with van der Waals surface area (Å²) in [6, 6.07) is 0. The van der Waals surface area contributed by atoms with Gasteiger partial charge < -0.3 is 19.1 Å². The summed E-state index contributed by atoms with van der Waals surface area (Å²) >= 11 is 0. The zero-order valence-electron chi connectivity index (χ0n) is 10.9. The fraction of sp³-hybridized carbons (Fsp3) is 0.583. The molecule has 0 spiro atoms. The molecule has 3 rings (SSSR count). The van der Waals surface area contributed by atoms with E-state index in [4.69, 9.17) is 9.26 Å². The first-order valence-electron chi connectivity index (χ1n) is 6.45. The van der Waals surface area contributed by atoms with E-state index in [0.29, 0.717) is 24.1 Å². The van der Waals surface area contributed by atoms with Gasteiger partial charge >= 0.3 is 0 Å². The van der Waals surface area contributed by atoms with Crippen molar-refractivity contribution in [1.82, 2.24) is 25.0 Å². The van der Waals surface area contributed by atoms with Crippen molar-refractivity contribution in [2.45, 2.75) is 25.6 Å². The monoisotopic (exact) mass is 263 g/mol. The maximum Gasteiger partial charge on any atom is 0.253 e. The number of aryl methyl sites for hydroxylation is 1. The van der Waals surface area contributed by atoms with Gasteiger partial charge in [-0.3, -0.25) is 0 Å². The second kappa shape index (κ2) is 5.50. The Hall–Kier alpha value is -1.73. The number of nitrogens with zero attached hydrogens (tertiary/aromatic N) is 4. The van der Waals surface area contributed by atoms with Gasteiger partial charge in [0.05, 0.1) is 6.10 Å². The largest absolute Gasteiger partial charge is 0.368 e. The molecule has 0 atom stereocenters. The first-order valence-corrected chi connectivity index (χ1v) is 6.45. The van der Waals surface area contributed by atoms with Crippen LogP contribution in [0.2, 0.25) is 0 Å². The first kappa shape index (κ1) is 12.3. The van der Waals surface area contributed by atoms with Crippen LogP contribution < -0.4 is 5.32 Å². The second-order valence-electron chi connectivity index (χ2n) is 4.63. The van der Waals surface area contributed by atoms with Crippen LogP contribution in [0.5, 0.6) is 0 Å². The molecular formula is C12H17N5O2. The van der Waals surface area contributed by atoms with Crippen LogP contribution in [0.15, 0.2) is 16.9 Å². The number of hydrogen-bond acceptors (Lipinski definition) is 6. The lowest BCUT2D eigenvalue weighted by molar-refractivity contribution is 0.00859. The van der Waals surface area contributed by atoms with E-state index in [2.05, 4.69) is 20.4 Å². The van der Waals surface area contributed by atoms with Crippen LogP contribution in [0.25, 0.3) is 11.6 Å². The summed E-state index contributed by atoms with van der Waals surface area (Å²) in [5, 5.41) is 7.22. The lowest BCUT2D eigenvalue weighted by Crippen LogP contribution is -2.32. The molecule has 1 N–H and O–H groups in total. The maximum atomic E-state index is 5.77. The van der Waals surface area contributed by atoms with Gasteiger partial charge in [0, 0.05) is 19.4 Å². The third-order valence-corrected chi connectivity index (χ3v) is 3.22. The van der Waals surface area contributed by atoms with Gasteiger partial charge in [-0.05, 0) is 25.9 Å². The standard InChI is InChI=1S/C12H17N5O2/c1-17-7-6-14-12(17)11-15-10(19-16-11)8-18-9-2-4-13-5-3-9/h6-7,9,13H,2-5,8H2,1H3. The highest BCUT2D eigenvalue weighted by atomic mass is 16.5. The Morgan fingerprint density at radius 3 is 3.05 bits per heavy atom. The van der Waals surface area contributed by atoms with Crippen molar-refractivity contribution in [1.29, 1.82) is 0 Å². The summed E-state index contributed by atoms with van der Waals surface area (Å²) in [6.45, 7) is 2.38. The smallest absolute Gasteiger partial charge is 0.253 e. The highest BCUT2D eigenvalue weighted by Crippen LogP contribution is 2.14. The van der Waals surface area contributed by atoms with E-state index in [0.717, 1.165) is 25.9 Å². The average Bonchev–Trinajstić information content (AvgIpc) is 3.06. The summed E-state index contributed by atoms with van der Waals surface area (Å²) in [7, 11) is 1.89. The zero-order valence-corrected chi connectivity index (χ0v) is 10.9. The van der Waals surface area contributed by atoms with Crippen molar-refractivity contribution in [2.24, 2.45) is 7.05 Å². The van der Waals surface area contributed by atoms with E-state index in [1.807, 2.05) is 17.8 Å². The molecule has 0 radical (unpaired) electrons. The van der Waals surface area contributed by atoms with E-state index in [-0.39, 0.29) is 6.10 Å². The minimum absolute atomic E-state index is 0.282. The van der Waals surface area contributed by atoms with E-state index in [9.17, 15) is 0 Å². The van der Waals surface area contributed by atoms with Gasteiger partial charge in [-0.2, -0.15) is 4.98 Å². The van der Waals surface area contributed by atoms with Gasteiger partial charge in [-0.15, -0.1) is 0 Å². The Kier molecular flexibility index (Phi) is 3.56. The van der Waals surface area contributed by atoms with E-state index < -0.39 is 0 Å². The molecule has 3 heterocycles. The summed E-state index contributed by atoms with van der Waals surface area (Å²) in [4.78, 5) is 8.47. The summed E-state index contributed by atoms with van der Waals surface area (Å²) in [6.07, 6.45) is 5.89. The van der Waals surface area contributed by atoms with E-state index >= 15 is 0 Å². The van der Waals surface area contributed by atoms with Gasteiger partial charge in [0.1, 0.15) is 6.61 Å². The van der Waals surface area contributed by atoms with Gasteiger partial charge in [-0.25, -0.2) is 4.98 Å². The van der Waals surface area contributed by atoms with Gasteiger partial charge in [0.25, 0.3) is 5.89 Å². The third-order valence-electron chi connectivity index (χ3n) is 3.22. The minimum atomic E-state index is 0.282. The van der Waals surface area contributed by atoms with Crippen LogP contribution in [-0.2, 0) is 18.4 Å². The van der Waals surface area contributed by atoms with Crippen LogP contribution >= 0.6 is 0 Å². The molecule has 0 aliphatic carbocycles. The molecule has 0 amide bonds. The number of imidazole rings is 1. The number of rotatable bonds is 4. The van der Waals surface area contributed by atoms with Gasteiger partial charge in [0.15, 0.2) is 5.82 Å². The fourth-order valence-corrected chi connectivity index (χ4v) is 2.14. The Labute approximate surface area is 111 Å². The normalized spacial score (nSPS) is 16.9.